The highest BCUT2D eigenvalue weighted by atomic mass is 16.1. The molecule has 2 aliphatic rings. The maximum Gasteiger partial charge on any atom is 0.217 e. The quantitative estimate of drug-likeness (QED) is 0.220. The van der Waals surface area contributed by atoms with Crippen LogP contribution in [0.1, 0.15) is 71.4 Å². The maximum absolute atomic E-state index is 11.1. The normalized spacial score (nSPS) is 18.8. The number of allylic oxidation sites excluding steroid dienone is 6. The maximum atomic E-state index is 11.1. The van der Waals surface area contributed by atoms with E-state index in [-0.39, 0.29) is 16.7 Å². The lowest BCUT2D eigenvalue weighted by atomic mass is 9.81. The lowest BCUT2D eigenvalue weighted by Gasteiger charge is -2.25. The topological polar surface area (TPSA) is 49.3 Å². The van der Waals surface area contributed by atoms with Gasteiger partial charge >= 0.3 is 0 Å². The fourth-order valence-electron chi connectivity index (χ4n) is 5.97. The molecule has 0 fully saturated rings. The summed E-state index contributed by atoms with van der Waals surface area (Å²) in [5.74, 6) is -0.212. The van der Waals surface area contributed by atoms with Gasteiger partial charge in [0.2, 0.25) is 11.6 Å². The van der Waals surface area contributed by atoms with Crippen molar-refractivity contribution in [2.24, 2.45) is 5.73 Å². The molecule has 2 N–H and O–H groups in total. The van der Waals surface area contributed by atoms with Crippen molar-refractivity contribution in [3.63, 3.8) is 0 Å². The molecule has 2 aromatic rings. The van der Waals surface area contributed by atoms with Crippen LogP contribution < -0.4 is 10.6 Å². The molecule has 0 radical (unpaired) electrons. The third kappa shape index (κ3) is 5.20. The monoisotopic (exact) mass is 496 g/mol. The number of benzene rings is 2. The fourth-order valence-corrected chi connectivity index (χ4v) is 5.97. The van der Waals surface area contributed by atoms with Crippen LogP contribution in [0.2, 0.25) is 0 Å². The number of hydrogen-bond acceptors (Lipinski definition) is 2. The molecule has 37 heavy (non-hydrogen) atoms. The first-order valence-electron chi connectivity index (χ1n) is 13.6. The summed E-state index contributed by atoms with van der Waals surface area (Å²) in [6.45, 7) is 13.3. The average molecular weight is 497 g/mol. The van der Waals surface area contributed by atoms with Crippen molar-refractivity contribution in [1.82, 2.24) is 0 Å². The van der Waals surface area contributed by atoms with E-state index in [1.807, 2.05) is 0 Å². The van der Waals surface area contributed by atoms with E-state index in [1.165, 1.54) is 33.9 Å². The van der Waals surface area contributed by atoms with Gasteiger partial charge in [-0.3, -0.25) is 4.79 Å². The number of carbonyl (C=O) groups excluding carboxylic acids is 1. The molecule has 0 bridgehead atoms. The number of amides is 1. The Morgan fingerprint density at radius 3 is 2.32 bits per heavy atom. The molecule has 0 aromatic heterocycles. The number of nitrogens with zero attached hydrogens (tertiary/aromatic N) is 2. The van der Waals surface area contributed by atoms with Crippen LogP contribution in [0.25, 0.3) is 0 Å². The number of unbranched alkanes of at least 4 members (excludes halogenated alkanes) is 2. The number of carbonyl (C=O) groups is 1. The van der Waals surface area contributed by atoms with Crippen molar-refractivity contribution < 1.29 is 9.37 Å². The molecule has 2 aliphatic heterocycles. The van der Waals surface area contributed by atoms with Crippen molar-refractivity contribution in [3.05, 3.63) is 95.7 Å². The minimum Gasteiger partial charge on any atom is -0.370 e. The Morgan fingerprint density at radius 1 is 0.892 bits per heavy atom. The minimum atomic E-state index is -0.212. The molecule has 0 unspecified atom stereocenters. The molecule has 4 rings (SSSR count). The molecule has 194 valence electrons. The predicted octanol–water partition coefficient (Wildman–Crippen LogP) is 6.92. The van der Waals surface area contributed by atoms with Gasteiger partial charge < -0.3 is 10.6 Å². The number of rotatable bonds is 10. The van der Waals surface area contributed by atoms with Crippen molar-refractivity contribution >= 4 is 23.0 Å². The first-order chi connectivity index (χ1) is 17.7. The molecule has 0 saturated heterocycles. The number of para-hydroxylation sites is 2. The zero-order valence-corrected chi connectivity index (χ0v) is 23.1. The molecule has 0 atom stereocenters. The number of fused-ring (bicyclic) bond motifs is 2. The van der Waals surface area contributed by atoms with E-state index in [0.717, 1.165) is 32.4 Å². The molecule has 1 amide bonds. The van der Waals surface area contributed by atoms with Gasteiger partial charge in [-0.05, 0) is 51.3 Å². The lowest BCUT2D eigenvalue weighted by Crippen LogP contribution is -2.27. The highest BCUT2D eigenvalue weighted by molar-refractivity contribution is 6.03. The predicted molar refractivity (Wildman–Crippen MR) is 156 cm³/mol. The van der Waals surface area contributed by atoms with E-state index in [1.54, 1.807) is 0 Å². The molecule has 2 aromatic carbocycles. The van der Waals surface area contributed by atoms with Crippen LogP contribution >= 0.6 is 0 Å². The van der Waals surface area contributed by atoms with Crippen LogP contribution in [-0.4, -0.2) is 29.3 Å². The van der Waals surface area contributed by atoms with E-state index in [9.17, 15) is 4.79 Å². The van der Waals surface area contributed by atoms with Crippen LogP contribution in [-0.2, 0) is 15.6 Å². The van der Waals surface area contributed by atoms with Crippen LogP contribution in [0, 0.1) is 0 Å². The Labute approximate surface area is 222 Å². The first-order valence-corrected chi connectivity index (χ1v) is 13.6. The van der Waals surface area contributed by atoms with Gasteiger partial charge in [-0.1, -0.05) is 68.5 Å². The Balaban J connectivity index is 1.55. The molecule has 0 spiro atoms. The summed E-state index contributed by atoms with van der Waals surface area (Å²) in [5, 5.41) is 0. The smallest absolute Gasteiger partial charge is 0.217 e. The fraction of sp³-hybridized carbons (Fsp3) is 0.394. The van der Waals surface area contributed by atoms with Crippen LogP contribution in [0.15, 0.2) is 84.6 Å². The standard InChI is InChI=1S/C33H41N3O/c1-6-35-27-19-14-12-17-25(27)32(2,3)29(35)21-9-7-10-22-30-33(4,5)26-18-13-15-20-28(26)36(30)24-16-8-11-23-31(34)37/h7,9-10,12-15,17-22H,6,8,11,16,23-24H2,1-5H3,(H-,34,37)/p+1. The van der Waals surface area contributed by atoms with E-state index in [2.05, 4.69) is 123 Å². The minimum absolute atomic E-state index is 0.0180. The number of anilines is 1. The zero-order chi connectivity index (χ0) is 26.6. The molecular formula is C33H42N3O+. The van der Waals surface area contributed by atoms with E-state index in [4.69, 9.17) is 5.73 Å². The molecule has 0 saturated carbocycles. The zero-order valence-electron chi connectivity index (χ0n) is 23.1. The van der Waals surface area contributed by atoms with Gasteiger partial charge in [-0.2, -0.15) is 4.58 Å². The van der Waals surface area contributed by atoms with Crippen molar-refractivity contribution in [2.45, 2.75) is 71.1 Å². The van der Waals surface area contributed by atoms with Gasteiger partial charge in [0.1, 0.15) is 6.54 Å². The van der Waals surface area contributed by atoms with Crippen LogP contribution in [0.4, 0.5) is 11.4 Å². The van der Waals surface area contributed by atoms with Gasteiger partial charge in [0.25, 0.3) is 0 Å². The van der Waals surface area contributed by atoms with Gasteiger partial charge in [-0.25, -0.2) is 0 Å². The molecular weight excluding hydrogens is 454 g/mol. The molecule has 2 heterocycles. The third-order valence-corrected chi connectivity index (χ3v) is 7.95. The second-order valence-corrected chi connectivity index (χ2v) is 11.1. The lowest BCUT2D eigenvalue weighted by molar-refractivity contribution is -0.438. The summed E-state index contributed by atoms with van der Waals surface area (Å²) in [4.78, 5) is 13.5. The highest BCUT2D eigenvalue weighted by Gasteiger charge is 2.43. The van der Waals surface area contributed by atoms with Crippen molar-refractivity contribution in [2.75, 3.05) is 18.0 Å². The van der Waals surface area contributed by atoms with E-state index < -0.39 is 0 Å². The average Bonchev–Trinajstić information content (AvgIpc) is 3.22. The Bertz CT molecular complexity index is 1280. The van der Waals surface area contributed by atoms with Gasteiger partial charge in [-0.15, -0.1) is 0 Å². The molecule has 0 aliphatic carbocycles. The van der Waals surface area contributed by atoms with E-state index in [0.29, 0.717) is 6.42 Å². The van der Waals surface area contributed by atoms with Gasteiger partial charge in [0, 0.05) is 53.9 Å². The highest BCUT2D eigenvalue weighted by Crippen LogP contribution is 2.47. The number of primary amides is 1. The summed E-state index contributed by atoms with van der Waals surface area (Å²) in [7, 11) is 0. The summed E-state index contributed by atoms with van der Waals surface area (Å²) < 4.78 is 2.46. The summed E-state index contributed by atoms with van der Waals surface area (Å²) in [5.41, 5.74) is 13.2. The van der Waals surface area contributed by atoms with Crippen LogP contribution in [0.5, 0.6) is 0 Å². The number of hydrogen-bond donors (Lipinski definition) is 1. The molecule has 4 nitrogen and oxygen atoms in total. The van der Waals surface area contributed by atoms with Crippen molar-refractivity contribution in [1.29, 1.82) is 0 Å². The summed E-state index contributed by atoms with van der Waals surface area (Å²) in [6, 6.07) is 17.5. The Kier molecular flexibility index (Phi) is 7.87. The second kappa shape index (κ2) is 10.9. The summed E-state index contributed by atoms with van der Waals surface area (Å²) >= 11 is 0. The van der Waals surface area contributed by atoms with E-state index >= 15 is 0 Å². The number of likely N-dealkylation sites (N-methyl/N-ethyl adjacent to an activating group) is 1. The number of nitrogens with two attached hydrogens (primary N) is 1. The van der Waals surface area contributed by atoms with Crippen molar-refractivity contribution in [3.8, 4) is 0 Å². The Hall–Kier alpha value is -3.40. The third-order valence-electron chi connectivity index (χ3n) is 7.95. The SMILES string of the molecule is CCN1C(=CC=CC=CC2=[N+](CCCCCC(N)=O)c3ccccc3C2(C)C)C(C)(C)c2ccccc21. The molecule has 4 heteroatoms. The summed E-state index contributed by atoms with van der Waals surface area (Å²) in [6.07, 6.45) is 14.4. The van der Waals surface area contributed by atoms with Gasteiger partial charge in [0.15, 0.2) is 5.71 Å². The van der Waals surface area contributed by atoms with Gasteiger partial charge in [0.05, 0.1) is 5.41 Å². The first kappa shape index (κ1) is 26.7. The Morgan fingerprint density at radius 2 is 1.59 bits per heavy atom. The van der Waals surface area contributed by atoms with Crippen LogP contribution in [0.3, 0.4) is 0 Å². The largest absolute Gasteiger partial charge is 0.370 e. The second-order valence-electron chi connectivity index (χ2n) is 11.1.